The lowest BCUT2D eigenvalue weighted by Crippen LogP contribution is -2.09. The molecule has 0 fully saturated rings. The minimum absolute atomic E-state index is 0.0820. The zero-order valence-corrected chi connectivity index (χ0v) is 12.6. The summed E-state index contributed by atoms with van der Waals surface area (Å²) in [7, 11) is -3.83. The zero-order chi connectivity index (χ0) is 15.5. The lowest BCUT2D eigenvalue weighted by atomic mass is 10.1. The van der Waals surface area contributed by atoms with E-state index in [0.29, 0.717) is 5.71 Å². The number of halogens is 1. The molecule has 0 heterocycles. The molecule has 1 amide bonds. The standard InChI is InChI=1S/C14H11ClN2O3S/c1-10(18)16-11-7-8-14(13(15)9-11)17-21(19,20)12-5-3-2-4-6-12/h2-9H,1H3/b16-11?,17-14-. The monoisotopic (exact) mass is 322 g/mol. The number of carbonyl (C=O) groups is 1. The van der Waals surface area contributed by atoms with Crippen molar-refractivity contribution in [3.05, 3.63) is 53.6 Å². The van der Waals surface area contributed by atoms with Crippen molar-refractivity contribution >= 4 is 39.0 Å². The molecular formula is C14H11ClN2O3S. The van der Waals surface area contributed by atoms with Crippen molar-refractivity contribution in [1.29, 1.82) is 0 Å². The molecule has 0 aromatic heterocycles. The van der Waals surface area contributed by atoms with Crippen LogP contribution in [0.15, 0.2) is 67.9 Å². The van der Waals surface area contributed by atoms with Gasteiger partial charge in [-0.3, -0.25) is 4.79 Å². The quantitative estimate of drug-likeness (QED) is 0.785. The number of sulfonamides is 1. The summed E-state index contributed by atoms with van der Waals surface area (Å²) in [6, 6.07) is 7.83. The first-order valence-electron chi connectivity index (χ1n) is 5.93. The van der Waals surface area contributed by atoms with Crippen LogP contribution in [0, 0.1) is 0 Å². The predicted molar refractivity (Wildman–Crippen MR) is 82.3 cm³/mol. The summed E-state index contributed by atoms with van der Waals surface area (Å²) in [5, 5.41) is 0.108. The lowest BCUT2D eigenvalue weighted by molar-refractivity contribution is -0.115. The second-order valence-corrected chi connectivity index (χ2v) is 6.16. The van der Waals surface area contributed by atoms with Gasteiger partial charge in [0.1, 0.15) is 0 Å². The highest BCUT2D eigenvalue weighted by atomic mass is 35.5. The first-order valence-corrected chi connectivity index (χ1v) is 7.75. The van der Waals surface area contributed by atoms with E-state index >= 15 is 0 Å². The van der Waals surface area contributed by atoms with E-state index in [1.165, 1.54) is 37.3 Å². The van der Waals surface area contributed by atoms with Gasteiger partial charge in [-0.2, -0.15) is 12.8 Å². The molecule has 0 bridgehead atoms. The van der Waals surface area contributed by atoms with E-state index in [4.69, 9.17) is 11.6 Å². The van der Waals surface area contributed by atoms with Gasteiger partial charge in [0.2, 0.25) is 5.91 Å². The molecule has 0 saturated heterocycles. The summed E-state index contributed by atoms with van der Waals surface area (Å²) in [6.45, 7) is 1.31. The number of amides is 1. The van der Waals surface area contributed by atoms with Gasteiger partial charge in [0, 0.05) is 6.92 Å². The summed E-state index contributed by atoms with van der Waals surface area (Å²) >= 11 is 5.98. The summed E-state index contributed by atoms with van der Waals surface area (Å²) < 4.78 is 27.9. The number of carbonyl (C=O) groups excluding carboxylic acids is 1. The fraction of sp³-hybridized carbons (Fsp3) is 0.0714. The molecule has 21 heavy (non-hydrogen) atoms. The van der Waals surface area contributed by atoms with Crippen LogP contribution in [0.25, 0.3) is 0 Å². The molecule has 7 heteroatoms. The van der Waals surface area contributed by atoms with Crippen molar-refractivity contribution in [3.8, 4) is 0 Å². The van der Waals surface area contributed by atoms with Gasteiger partial charge < -0.3 is 0 Å². The molecule has 1 aliphatic carbocycles. The SMILES string of the molecule is CC(=O)N=C1C=C/C(=N/S(=O)(=O)c2ccccc2)C(Cl)=C1. The predicted octanol–water partition coefficient (Wildman–Crippen LogP) is 2.50. The second kappa shape index (κ2) is 6.15. The van der Waals surface area contributed by atoms with Crippen molar-refractivity contribution in [2.75, 3.05) is 0 Å². The van der Waals surface area contributed by atoms with Crippen LogP contribution in [-0.2, 0) is 14.8 Å². The average molecular weight is 323 g/mol. The van der Waals surface area contributed by atoms with Gasteiger partial charge in [0.05, 0.1) is 21.4 Å². The number of hydrogen-bond acceptors (Lipinski definition) is 3. The Hall–Kier alpha value is -2.05. The Morgan fingerprint density at radius 2 is 1.81 bits per heavy atom. The largest absolute Gasteiger partial charge is 0.282 e. The number of allylic oxidation sites excluding steroid dienone is 4. The minimum atomic E-state index is -3.83. The van der Waals surface area contributed by atoms with E-state index in [1.807, 2.05) is 0 Å². The second-order valence-electron chi connectivity index (χ2n) is 4.15. The molecule has 0 radical (unpaired) electrons. The van der Waals surface area contributed by atoms with E-state index in [-0.39, 0.29) is 21.5 Å². The summed E-state index contributed by atoms with van der Waals surface area (Å²) in [5.41, 5.74) is 0.451. The zero-order valence-electron chi connectivity index (χ0n) is 11.0. The molecule has 1 aliphatic rings. The molecule has 5 nitrogen and oxygen atoms in total. The lowest BCUT2D eigenvalue weighted by Gasteiger charge is -2.06. The fourth-order valence-corrected chi connectivity index (χ4v) is 2.89. The number of benzene rings is 1. The Bertz CT molecular complexity index is 791. The first kappa shape index (κ1) is 15.3. The summed E-state index contributed by atoms with van der Waals surface area (Å²) in [4.78, 5) is 14.7. The van der Waals surface area contributed by atoms with Gasteiger partial charge in [-0.15, -0.1) is 0 Å². The Kier molecular flexibility index (Phi) is 4.50. The van der Waals surface area contributed by atoms with Crippen molar-refractivity contribution in [3.63, 3.8) is 0 Å². The molecule has 108 valence electrons. The maximum Gasteiger partial charge on any atom is 0.282 e. The highest BCUT2D eigenvalue weighted by Gasteiger charge is 2.16. The van der Waals surface area contributed by atoms with Gasteiger partial charge >= 0.3 is 0 Å². The maximum absolute atomic E-state index is 12.1. The molecular weight excluding hydrogens is 312 g/mol. The maximum atomic E-state index is 12.1. The Morgan fingerprint density at radius 1 is 1.14 bits per heavy atom. The third-order valence-corrected chi connectivity index (χ3v) is 4.09. The number of nitrogens with zero attached hydrogens (tertiary/aromatic N) is 2. The number of rotatable bonds is 2. The van der Waals surface area contributed by atoms with Crippen LogP contribution in [0.4, 0.5) is 0 Å². The van der Waals surface area contributed by atoms with Crippen molar-refractivity contribution in [1.82, 2.24) is 0 Å². The average Bonchev–Trinajstić information content (AvgIpc) is 2.42. The van der Waals surface area contributed by atoms with Gasteiger partial charge in [0.15, 0.2) is 0 Å². The third kappa shape index (κ3) is 3.96. The van der Waals surface area contributed by atoms with Crippen LogP contribution in [-0.4, -0.2) is 25.7 Å². The fourth-order valence-electron chi connectivity index (χ4n) is 1.60. The van der Waals surface area contributed by atoms with Crippen LogP contribution in [0.3, 0.4) is 0 Å². The Balaban J connectivity index is 2.37. The Morgan fingerprint density at radius 3 is 2.38 bits per heavy atom. The van der Waals surface area contributed by atoms with E-state index in [9.17, 15) is 13.2 Å². The highest BCUT2D eigenvalue weighted by molar-refractivity contribution is 7.90. The molecule has 0 aliphatic heterocycles. The topological polar surface area (TPSA) is 75.9 Å². The summed E-state index contributed by atoms with van der Waals surface area (Å²) in [5.74, 6) is -0.368. The summed E-state index contributed by atoms with van der Waals surface area (Å²) in [6.07, 6.45) is 4.28. The molecule has 0 unspecified atom stereocenters. The number of hydrogen-bond donors (Lipinski definition) is 0. The van der Waals surface area contributed by atoms with Crippen LogP contribution in [0.1, 0.15) is 6.92 Å². The van der Waals surface area contributed by atoms with Crippen molar-refractivity contribution < 1.29 is 13.2 Å². The normalized spacial score (nSPS) is 18.9. The van der Waals surface area contributed by atoms with Crippen LogP contribution in [0.5, 0.6) is 0 Å². The highest BCUT2D eigenvalue weighted by Crippen LogP contribution is 2.17. The van der Waals surface area contributed by atoms with Gasteiger partial charge in [-0.25, -0.2) is 4.99 Å². The van der Waals surface area contributed by atoms with E-state index in [1.54, 1.807) is 18.2 Å². The van der Waals surface area contributed by atoms with Crippen molar-refractivity contribution in [2.45, 2.75) is 11.8 Å². The smallest absolute Gasteiger partial charge is 0.273 e. The molecule has 1 aromatic rings. The van der Waals surface area contributed by atoms with Crippen LogP contribution < -0.4 is 0 Å². The molecule has 0 spiro atoms. The molecule has 1 aromatic carbocycles. The Labute approximate surface area is 127 Å². The third-order valence-electron chi connectivity index (χ3n) is 2.48. The molecule has 0 atom stereocenters. The van der Waals surface area contributed by atoms with E-state index in [0.717, 1.165) is 0 Å². The van der Waals surface area contributed by atoms with Crippen molar-refractivity contribution in [2.24, 2.45) is 9.39 Å². The molecule has 0 N–H and O–H groups in total. The minimum Gasteiger partial charge on any atom is -0.273 e. The molecule has 0 saturated carbocycles. The first-order chi connectivity index (χ1) is 9.88. The van der Waals surface area contributed by atoms with Crippen LogP contribution in [0.2, 0.25) is 0 Å². The van der Waals surface area contributed by atoms with E-state index < -0.39 is 10.0 Å². The van der Waals surface area contributed by atoms with Gasteiger partial charge in [-0.05, 0) is 30.4 Å². The van der Waals surface area contributed by atoms with E-state index in [2.05, 4.69) is 9.39 Å². The van der Waals surface area contributed by atoms with Crippen LogP contribution >= 0.6 is 11.6 Å². The van der Waals surface area contributed by atoms with Gasteiger partial charge in [0.25, 0.3) is 10.0 Å². The van der Waals surface area contributed by atoms with Gasteiger partial charge in [-0.1, -0.05) is 29.8 Å². The number of aliphatic imine (C=N–C) groups is 1. The molecule has 2 rings (SSSR count).